The van der Waals surface area contributed by atoms with E-state index in [1.165, 1.54) is 17.2 Å². The number of Topliss-reactive ketones (excluding diaryl/α,β-unsaturated/α-hetero) is 4. The number of carbonyl (C=O) groups is 5. The number of primary amides is 1. The number of aliphatic hydroxyl groups is 1. The van der Waals surface area contributed by atoms with E-state index in [0.29, 0.717) is 16.9 Å². The third kappa shape index (κ3) is 2.99. The number of amides is 1. The molecular formula is C25H24N2O8. The SMILES string of the molecule is CN(C)[C@@H]1C(=O)C(C(N)=O)C(=O)[C@@]2(O)C(=O)C3C(=O)c4c(O)ccc(-c5ccco5)c4C[C@H]3C[C@@H]12. The van der Waals surface area contributed by atoms with Crippen molar-refractivity contribution in [2.75, 3.05) is 14.1 Å². The van der Waals surface area contributed by atoms with Gasteiger partial charge >= 0.3 is 0 Å². The molecule has 2 aromatic rings. The Bertz CT molecular complexity index is 1300. The molecule has 10 nitrogen and oxygen atoms in total. The maximum absolute atomic E-state index is 13.7. The molecule has 1 aromatic heterocycles. The molecule has 2 unspecified atom stereocenters. The highest BCUT2D eigenvalue weighted by molar-refractivity contribution is 6.32. The molecule has 1 amide bonds. The molecule has 10 heteroatoms. The number of aromatic hydroxyl groups is 1. The lowest BCUT2D eigenvalue weighted by molar-refractivity contribution is -0.181. The number of hydrogen-bond acceptors (Lipinski definition) is 9. The minimum absolute atomic E-state index is 0.00283. The summed E-state index contributed by atoms with van der Waals surface area (Å²) in [5, 5.41) is 22.1. The van der Waals surface area contributed by atoms with Gasteiger partial charge < -0.3 is 20.4 Å². The first kappa shape index (κ1) is 23.1. The molecule has 182 valence electrons. The number of carbonyl (C=O) groups excluding carboxylic acids is 5. The van der Waals surface area contributed by atoms with E-state index in [1.807, 2.05) is 0 Å². The van der Waals surface area contributed by atoms with Crippen molar-refractivity contribution in [1.82, 2.24) is 4.90 Å². The van der Waals surface area contributed by atoms with Crippen molar-refractivity contribution in [3.8, 4) is 17.1 Å². The van der Waals surface area contributed by atoms with Gasteiger partial charge in [0, 0.05) is 11.5 Å². The summed E-state index contributed by atoms with van der Waals surface area (Å²) in [5.74, 6) is -10.2. The van der Waals surface area contributed by atoms with E-state index in [2.05, 4.69) is 0 Å². The van der Waals surface area contributed by atoms with Crippen LogP contribution in [0.4, 0.5) is 0 Å². The van der Waals surface area contributed by atoms with Gasteiger partial charge in [0.25, 0.3) is 0 Å². The van der Waals surface area contributed by atoms with Crippen molar-refractivity contribution in [2.45, 2.75) is 24.5 Å². The number of likely N-dealkylation sites (N-methyl/N-ethyl adjacent to an activating group) is 1. The number of furan rings is 1. The van der Waals surface area contributed by atoms with Gasteiger partial charge in [-0.15, -0.1) is 0 Å². The van der Waals surface area contributed by atoms with Crippen molar-refractivity contribution in [2.24, 2.45) is 29.4 Å². The molecule has 0 saturated heterocycles. The third-order valence-corrected chi connectivity index (χ3v) is 7.73. The highest BCUT2D eigenvalue weighted by Crippen LogP contribution is 2.51. The number of phenolic OH excluding ortho intramolecular Hbond substituents is 1. The van der Waals surface area contributed by atoms with Gasteiger partial charge in [-0.25, -0.2) is 0 Å². The summed E-state index contributed by atoms with van der Waals surface area (Å²) in [4.78, 5) is 67.1. The fraction of sp³-hybridized carbons (Fsp3) is 0.400. The van der Waals surface area contributed by atoms with Crippen LogP contribution < -0.4 is 5.73 Å². The fourth-order valence-electron chi connectivity index (χ4n) is 6.27. The van der Waals surface area contributed by atoms with E-state index in [0.717, 1.165) is 0 Å². The number of nitrogens with two attached hydrogens (primary N) is 1. The van der Waals surface area contributed by atoms with Crippen LogP contribution in [0.15, 0.2) is 34.9 Å². The molecule has 0 aliphatic heterocycles. The highest BCUT2D eigenvalue weighted by atomic mass is 16.3. The molecule has 5 rings (SSSR count). The van der Waals surface area contributed by atoms with E-state index < -0.39 is 64.4 Å². The Labute approximate surface area is 199 Å². The van der Waals surface area contributed by atoms with Crippen molar-refractivity contribution in [3.63, 3.8) is 0 Å². The first-order valence-electron chi connectivity index (χ1n) is 11.2. The predicted molar refractivity (Wildman–Crippen MR) is 119 cm³/mol. The lowest BCUT2D eigenvalue weighted by atomic mass is 9.52. The highest BCUT2D eigenvalue weighted by Gasteiger charge is 2.69. The van der Waals surface area contributed by atoms with Crippen molar-refractivity contribution >= 4 is 29.0 Å². The van der Waals surface area contributed by atoms with Gasteiger partial charge in [-0.3, -0.25) is 28.9 Å². The zero-order valence-electron chi connectivity index (χ0n) is 19.1. The quantitative estimate of drug-likeness (QED) is 0.517. The van der Waals surface area contributed by atoms with Gasteiger partial charge in [-0.05, 0) is 62.7 Å². The molecule has 0 radical (unpaired) electrons. The first-order chi connectivity index (χ1) is 16.5. The summed E-state index contributed by atoms with van der Waals surface area (Å²) >= 11 is 0. The lowest BCUT2D eigenvalue weighted by Crippen LogP contribution is -2.74. The van der Waals surface area contributed by atoms with Gasteiger partial charge in [0.15, 0.2) is 34.7 Å². The smallest absolute Gasteiger partial charge is 0.235 e. The summed E-state index contributed by atoms with van der Waals surface area (Å²) in [7, 11) is 3.09. The molecule has 3 aliphatic rings. The Balaban J connectivity index is 1.67. The van der Waals surface area contributed by atoms with Crippen LogP contribution in [0.3, 0.4) is 0 Å². The second kappa shape index (κ2) is 7.69. The van der Waals surface area contributed by atoms with Gasteiger partial charge in [0.2, 0.25) is 5.91 Å². The minimum Gasteiger partial charge on any atom is -0.507 e. The zero-order chi connectivity index (χ0) is 25.4. The molecule has 0 spiro atoms. The van der Waals surface area contributed by atoms with E-state index >= 15 is 0 Å². The Hall–Kier alpha value is -3.63. The molecule has 3 aliphatic carbocycles. The molecule has 6 atom stereocenters. The van der Waals surface area contributed by atoms with Crippen LogP contribution in [-0.2, 0) is 25.6 Å². The number of hydrogen-bond donors (Lipinski definition) is 3. The van der Waals surface area contributed by atoms with Crippen molar-refractivity contribution in [1.29, 1.82) is 0 Å². The number of benzene rings is 1. The average Bonchev–Trinajstić information content (AvgIpc) is 3.30. The fourth-order valence-corrected chi connectivity index (χ4v) is 6.27. The molecule has 1 heterocycles. The van der Waals surface area contributed by atoms with Crippen LogP contribution in [0.2, 0.25) is 0 Å². The van der Waals surface area contributed by atoms with Gasteiger partial charge in [-0.1, -0.05) is 0 Å². The molecular weight excluding hydrogens is 456 g/mol. The maximum Gasteiger partial charge on any atom is 0.235 e. The predicted octanol–water partition coefficient (Wildman–Crippen LogP) is 0.127. The van der Waals surface area contributed by atoms with Crippen LogP contribution in [0.25, 0.3) is 11.3 Å². The normalized spacial score (nSPS) is 32.3. The van der Waals surface area contributed by atoms with Crippen LogP contribution >= 0.6 is 0 Å². The van der Waals surface area contributed by atoms with Gasteiger partial charge in [0.05, 0.1) is 23.8 Å². The molecule has 35 heavy (non-hydrogen) atoms. The number of nitrogens with zero attached hydrogens (tertiary/aromatic N) is 1. The standard InChI is InChI=1S/C25H24N2O8/c1-27(2)19-13-9-10-8-12-11(15-4-3-7-35-15)5-6-14(28)17(12)20(29)16(10)22(31)25(13,34)23(32)18(21(19)30)24(26)33/h3-7,10,13,16,18-19,28,34H,8-9H2,1-2H3,(H2,26,33)/t10-,13-,16?,18?,19-,25-/m0/s1. The molecule has 4 N–H and O–H groups in total. The summed E-state index contributed by atoms with van der Waals surface area (Å²) < 4.78 is 5.49. The maximum atomic E-state index is 13.7. The number of rotatable bonds is 3. The summed E-state index contributed by atoms with van der Waals surface area (Å²) in [6.07, 6.45) is 1.65. The van der Waals surface area contributed by atoms with E-state index in [9.17, 15) is 34.2 Å². The Morgan fingerprint density at radius 1 is 1.14 bits per heavy atom. The lowest BCUT2D eigenvalue weighted by Gasteiger charge is -2.52. The number of ketones is 4. The number of phenols is 1. The molecule has 2 saturated carbocycles. The van der Waals surface area contributed by atoms with Crippen molar-refractivity contribution in [3.05, 3.63) is 41.7 Å². The van der Waals surface area contributed by atoms with Crippen LogP contribution in [0.1, 0.15) is 22.3 Å². The minimum atomic E-state index is -2.73. The van der Waals surface area contributed by atoms with Crippen LogP contribution in [0.5, 0.6) is 5.75 Å². The summed E-state index contributed by atoms with van der Waals surface area (Å²) in [5.41, 5.74) is 3.59. The molecule has 2 fully saturated rings. The first-order valence-corrected chi connectivity index (χ1v) is 11.2. The monoisotopic (exact) mass is 480 g/mol. The largest absolute Gasteiger partial charge is 0.507 e. The van der Waals surface area contributed by atoms with Gasteiger partial charge in [-0.2, -0.15) is 0 Å². The molecule has 1 aromatic carbocycles. The van der Waals surface area contributed by atoms with Crippen LogP contribution in [0, 0.1) is 23.7 Å². The zero-order valence-corrected chi connectivity index (χ0v) is 19.1. The van der Waals surface area contributed by atoms with Crippen molar-refractivity contribution < 1.29 is 38.6 Å². The van der Waals surface area contributed by atoms with E-state index in [1.54, 1.807) is 32.3 Å². The van der Waals surface area contributed by atoms with E-state index in [4.69, 9.17) is 10.2 Å². The topological polar surface area (TPSA) is 168 Å². The summed E-state index contributed by atoms with van der Waals surface area (Å²) in [6, 6.07) is 5.20. The Kier molecular flexibility index (Phi) is 5.08. The van der Waals surface area contributed by atoms with E-state index in [-0.39, 0.29) is 24.2 Å². The Morgan fingerprint density at radius 3 is 2.46 bits per heavy atom. The number of fused-ring (bicyclic) bond motifs is 3. The second-order valence-corrected chi connectivity index (χ2v) is 9.75. The molecule has 0 bridgehead atoms. The van der Waals surface area contributed by atoms with Gasteiger partial charge in [0.1, 0.15) is 11.5 Å². The summed E-state index contributed by atoms with van der Waals surface area (Å²) in [6.45, 7) is 0. The second-order valence-electron chi connectivity index (χ2n) is 9.75. The Morgan fingerprint density at radius 2 is 1.86 bits per heavy atom. The van der Waals surface area contributed by atoms with Crippen LogP contribution in [-0.4, -0.2) is 69.9 Å². The third-order valence-electron chi connectivity index (χ3n) is 7.73. The average molecular weight is 480 g/mol.